The zero-order valence-electron chi connectivity index (χ0n) is 15.3. The van der Waals surface area contributed by atoms with E-state index in [1.807, 2.05) is 13.8 Å². The third kappa shape index (κ3) is 3.90. The summed E-state index contributed by atoms with van der Waals surface area (Å²) in [4.78, 5) is 2.26. The van der Waals surface area contributed by atoms with Gasteiger partial charge in [-0.3, -0.25) is 4.72 Å². The number of nitrogens with zero attached hydrogens (tertiary/aromatic N) is 3. The van der Waals surface area contributed by atoms with Gasteiger partial charge in [-0.25, -0.2) is 8.42 Å². The van der Waals surface area contributed by atoms with Gasteiger partial charge in [0.25, 0.3) is 10.0 Å². The van der Waals surface area contributed by atoms with E-state index in [-0.39, 0.29) is 10.7 Å². The Morgan fingerprint density at radius 2 is 1.73 bits per heavy atom. The van der Waals surface area contributed by atoms with Crippen LogP contribution < -0.4 is 14.4 Å². The van der Waals surface area contributed by atoms with E-state index in [1.165, 1.54) is 13.5 Å². The number of benzene rings is 1. The molecule has 26 heavy (non-hydrogen) atoms. The Hall–Kier alpha value is -2.35. The highest BCUT2D eigenvalue weighted by atomic mass is 32.2. The SMILES string of the molecule is COc1cc(C)c(C)cc1S(=O)(=O)Nc1ccc(N2CCCCC2)nn1. The highest BCUT2D eigenvalue weighted by Crippen LogP contribution is 2.28. The smallest absolute Gasteiger partial charge is 0.266 e. The molecule has 2 aromatic rings. The van der Waals surface area contributed by atoms with E-state index in [0.717, 1.165) is 42.9 Å². The van der Waals surface area contributed by atoms with Gasteiger partial charge in [0.05, 0.1) is 7.11 Å². The number of hydrogen-bond donors (Lipinski definition) is 1. The first-order chi connectivity index (χ1) is 12.4. The minimum atomic E-state index is -3.82. The monoisotopic (exact) mass is 376 g/mol. The van der Waals surface area contributed by atoms with Crippen molar-refractivity contribution in [3.63, 3.8) is 0 Å². The van der Waals surface area contributed by atoms with E-state index in [1.54, 1.807) is 24.3 Å². The highest BCUT2D eigenvalue weighted by Gasteiger charge is 2.22. The number of sulfonamides is 1. The van der Waals surface area contributed by atoms with Gasteiger partial charge in [-0.1, -0.05) is 0 Å². The summed E-state index contributed by atoms with van der Waals surface area (Å²) in [6.45, 7) is 5.69. The third-order valence-electron chi connectivity index (χ3n) is 4.64. The van der Waals surface area contributed by atoms with E-state index >= 15 is 0 Å². The van der Waals surface area contributed by atoms with Gasteiger partial charge in [-0.2, -0.15) is 0 Å². The quantitative estimate of drug-likeness (QED) is 0.864. The number of anilines is 2. The first kappa shape index (κ1) is 18.4. The molecule has 2 heterocycles. The minimum Gasteiger partial charge on any atom is -0.495 e. The standard InChI is InChI=1S/C18H24N4O3S/c1-13-11-15(25-3)16(12-14(13)2)26(23,24)21-17-7-8-18(20-19-17)22-9-5-4-6-10-22/h7-8,11-12H,4-6,9-10H2,1-3H3,(H,19,21). The first-order valence-corrected chi connectivity index (χ1v) is 10.2. The van der Waals surface area contributed by atoms with E-state index in [4.69, 9.17) is 4.74 Å². The molecule has 1 aromatic heterocycles. The summed E-state index contributed by atoms with van der Waals surface area (Å²) < 4.78 is 33.3. The Labute approximate surface area is 154 Å². The van der Waals surface area contributed by atoms with Crippen molar-refractivity contribution >= 4 is 21.7 Å². The second kappa shape index (κ2) is 7.49. The molecule has 1 saturated heterocycles. The number of hydrogen-bond acceptors (Lipinski definition) is 6. The van der Waals surface area contributed by atoms with E-state index in [2.05, 4.69) is 19.8 Å². The molecule has 1 aliphatic heterocycles. The van der Waals surface area contributed by atoms with Crippen LogP contribution >= 0.6 is 0 Å². The van der Waals surface area contributed by atoms with Crippen LogP contribution in [0.2, 0.25) is 0 Å². The van der Waals surface area contributed by atoms with Gasteiger partial charge in [0.2, 0.25) is 0 Å². The van der Waals surface area contributed by atoms with Crippen molar-refractivity contribution in [2.45, 2.75) is 38.0 Å². The Bertz CT molecular complexity index is 876. The number of methoxy groups -OCH3 is 1. The van der Waals surface area contributed by atoms with Crippen molar-refractivity contribution in [1.29, 1.82) is 0 Å². The van der Waals surface area contributed by atoms with Crippen LogP contribution in [0, 0.1) is 13.8 Å². The number of piperidine rings is 1. The van der Waals surface area contributed by atoms with E-state index in [0.29, 0.717) is 5.75 Å². The molecular weight excluding hydrogens is 352 g/mol. The van der Waals surface area contributed by atoms with Crippen LogP contribution in [0.15, 0.2) is 29.2 Å². The molecule has 1 aromatic carbocycles. The molecule has 0 aliphatic carbocycles. The second-order valence-electron chi connectivity index (χ2n) is 6.52. The summed E-state index contributed by atoms with van der Waals surface area (Å²) in [5.41, 5.74) is 1.84. The molecule has 0 spiro atoms. The third-order valence-corrected chi connectivity index (χ3v) is 6.01. The lowest BCUT2D eigenvalue weighted by molar-refractivity contribution is 0.402. The molecule has 3 rings (SSSR count). The summed E-state index contributed by atoms with van der Waals surface area (Å²) in [5, 5.41) is 8.21. The number of aromatic nitrogens is 2. The zero-order chi connectivity index (χ0) is 18.7. The fraction of sp³-hybridized carbons (Fsp3) is 0.444. The maximum absolute atomic E-state index is 12.8. The minimum absolute atomic E-state index is 0.0880. The van der Waals surface area contributed by atoms with E-state index < -0.39 is 10.0 Å². The molecule has 1 fully saturated rings. The van der Waals surface area contributed by atoms with Crippen LogP contribution in [0.1, 0.15) is 30.4 Å². The van der Waals surface area contributed by atoms with Crippen molar-refractivity contribution in [2.24, 2.45) is 0 Å². The fourth-order valence-electron chi connectivity index (χ4n) is 3.00. The predicted octanol–water partition coefficient (Wildman–Crippen LogP) is 2.89. The summed E-state index contributed by atoms with van der Waals surface area (Å²) >= 11 is 0. The lowest BCUT2D eigenvalue weighted by Gasteiger charge is -2.27. The second-order valence-corrected chi connectivity index (χ2v) is 8.17. The summed E-state index contributed by atoms with van der Waals surface area (Å²) in [6.07, 6.45) is 3.52. The number of ether oxygens (including phenoxy) is 1. The van der Waals surface area contributed by atoms with Crippen molar-refractivity contribution in [2.75, 3.05) is 29.8 Å². The first-order valence-electron chi connectivity index (χ1n) is 8.67. The number of nitrogens with one attached hydrogen (secondary N) is 1. The molecule has 0 amide bonds. The Morgan fingerprint density at radius 3 is 2.35 bits per heavy atom. The summed E-state index contributed by atoms with van der Waals surface area (Å²) in [5.74, 6) is 1.26. The lowest BCUT2D eigenvalue weighted by Crippen LogP contribution is -2.30. The Morgan fingerprint density at radius 1 is 1.04 bits per heavy atom. The summed E-state index contributed by atoms with van der Waals surface area (Å²) in [6, 6.07) is 6.76. The molecular formula is C18H24N4O3S. The molecule has 1 N–H and O–H groups in total. The van der Waals surface area contributed by atoms with Crippen molar-refractivity contribution in [3.8, 4) is 5.75 Å². The van der Waals surface area contributed by atoms with Gasteiger partial charge in [-0.15, -0.1) is 10.2 Å². The van der Waals surface area contributed by atoms with Crippen LogP contribution in [-0.2, 0) is 10.0 Å². The average molecular weight is 376 g/mol. The van der Waals surface area contributed by atoms with Crippen LogP contribution in [0.25, 0.3) is 0 Å². The maximum atomic E-state index is 12.8. The molecule has 8 heteroatoms. The Kier molecular flexibility index (Phi) is 5.31. The Balaban J connectivity index is 1.82. The predicted molar refractivity (Wildman–Crippen MR) is 101 cm³/mol. The van der Waals surface area contributed by atoms with E-state index in [9.17, 15) is 8.42 Å². The van der Waals surface area contributed by atoms with Gasteiger partial charge in [0.1, 0.15) is 10.6 Å². The molecule has 1 aliphatic rings. The van der Waals surface area contributed by atoms with Gasteiger partial charge < -0.3 is 9.64 Å². The zero-order valence-corrected chi connectivity index (χ0v) is 16.1. The molecule has 0 bridgehead atoms. The largest absolute Gasteiger partial charge is 0.495 e. The molecule has 0 atom stereocenters. The van der Waals surface area contributed by atoms with Gasteiger partial charge in [0.15, 0.2) is 11.6 Å². The fourth-order valence-corrected chi connectivity index (χ4v) is 4.23. The van der Waals surface area contributed by atoms with Gasteiger partial charge >= 0.3 is 0 Å². The van der Waals surface area contributed by atoms with Crippen LogP contribution in [0.5, 0.6) is 5.75 Å². The topological polar surface area (TPSA) is 84.4 Å². The normalized spacial score (nSPS) is 15.0. The van der Waals surface area contributed by atoms with Crippen LogP contribution in [0.4, 0.5) is 11.6 Å². The molecule has 140 valence electrons. The van der Waals surface area contributed by atoms with Gasteiger partial charge in [-0.05, 0) is 68.5 Å². The maximum Gasteiger partial charge on any atom is 0.266 e. The van der Waals surface area contributed by atoms with Crippen LogP contribution in [0.3, 0.4) is 0 Å². The number of rotatable bonds is 5. The number of aryl methyl sites for hydroxylation is 2. The van der Waals surface area contributed by atoms with Crippen molar-refractivity contribution in [3.05, 3.63) is 35.4 Å². The van der Waals surface area contributed by atoms with Gasteiger partial charge in [0, 0.05) is 13.1 Å². The molecule has 7 nitrogen and oxygen atoms in total. The van der Waals surface area contributed by atoms with Crippen LogP contribution in [-0.4, -0.2) is 38.8 Å². The molecule has 0 radical (unpaired) electrons. The molecule has 0 unspecified atom stereocenters. The van der Waals surface area contributed by atoms with Crippen molar-refractivity contribution < 1.29 is 13.2 Å². The summed E-state index contributed by atoms with van der Waals surface area (Å²) in [7, 11) is -2.37. The molecule has 0 saturated carbocycles. The average Bonchev–Trinajstić information content (AvgIpc) is 2.64. The lowest BCUT2D eigenvalue weighted by atomic mass is 10.1. The van der Waals surface area contributed by atoms with Crippen molar-refractivity contribution in [1.82, 2.24) is 10.2 Å². The highest BCUT2D eigenvalue weighted by molar-refractivity contribution is 7.92.